The number of hydrogen-bond donors (Lipinski definition) is 0. The lowest BCUT2D eigenvalue weighted by atomic mass is 9.70. The van der Waals surface area contributed by atoms with Crippen LogP contribution in [0.1, 0.15) is 22.3 Å². The fraction of sp³-hybridized carbons (Fsp3) is 0.0182. The van der Waals surface area contributed by atoms with Crippen LogP contribution in [0.2, 0.25) is 0 Å². The first-order chi connectivity index (χ1) is 27.7. The van der Waals surface area contributed by atoms with E-state index in [-0.39, 0.29) is 0 Å². The SMILES string of the molecule is c1ccc2c(c1)-c1ccccc1C21c2cc(-c3ccc4c(c3)-c3cccc5cccc(c35)O4)ccc2-c2cc3cccc(-c4ccc5ccccc5c4)c3cc21. The van der Waals surface area contributed by atoms with E-state index in [0.29, 0.717) is 0 Å². The minimum Gasteiger partial charge on any atom is -0.456 e. The number of rotatable bonds is 2. The molecule has 0 saturated heterocycles. The van der Waals surface area contributed by atoms with E-state index in [0.717, 1.165) is 17.1 Å². The lowest BCUT2D eigenvalue weighted by Gasteiger charge is -2.31. The summed E-state index contributed by atoms with van der Waals surface area (Å²) in [4.78, 5) is 0. The zero-order valence-electron chi connectivity index (χ0n) is 30.4. The van der Waals surface area contributed by atoms with Crippen LogP contribution >= 0.6 is 0 Å². The Labute approximate surface area is 324 Å². The van der Waals surface area contributed by atoms with Crippen molar-refractivity contribution in [3.63, 3.8) is 0 Å². The van der Waals surface area contributed by atoms with Crippen molar-refractivity contribution < 1.29 is 4.74 Å². The molecule has 0 saturated carbocycles. The van der Waals surface area contributed by atoms with Gasteiger partial charge in [0.2, 0.25) is 0 Å². The smallest absolute Gasteiger partial charge is 0.135 e. The van der Waals surface area contributed by atoms with Crippen molar-refractivity contribution in [3.8, 4) is 67.1 Å². The molecule has 1 aliphatic heterocycles. The standard InChI is InChI=1S/C55H32O/c1-2-11-35-28-39(23-22-33(35)10-1)40-17-8-14-38-30-46-43-26-24-37(36-25-27-52-47(29-36)44-18-7-12-34-13-9-21-53(56-52)54(34)44)31-50(43)55(51(46)32-45(38)40)48-19-5-3-15-41(48)42-16-4-6-20-49(42)55/h1-32H. The summed E-state index contributed by atoms with van der Waals surface area (Å²) >= 11 is 0. The van der Waals surface area contributed by atoms with Gasteiger partial charge in [-0.25, -0.2) is 0 Å². The van der Waals surface area contributed by atoms with Crippen molar-refractivity contribution in [3.05, 3.63) is 216 Å². The molecule has 56 heavy (non-hydrogen) atoms. The van der Waals surface area contributed by atoms with Gasteiger partial charge in [0.25, 0.3) is 0 Å². The fourth-order valence-electron chi connectivity index (χ4n) is 10.4. The molecule has 0 bridgehead atoms. The lowest BCUT2D eigenvalue weighted by Crippen LogP contribution is -2.26. The van der Waals surface area contributed by atoms with E-state index in [1.807, 2.05) is 0 Å². The van der Waals surface area contributed by atoms with Gasteiger partial charge in [-0.3, -0.25) is 0 Å². The number of fused-ring (bicyclic) bond motifs is 14. The molecule has 1 heterocycles. The van der Waals surface area contributed by atoms with Crippen molar-refractivity contribution in [2.75, 3.05) is 0 Å². The monoisotopic (exact) mass is 708 g/mol. The predicted molar refractivity (Wildman–Crippen MR) is 232 cm³/mol. The molecule has 13 rings (SSSR count). The van der Waals surface area contributed by atoms with Crippen molar-refractivity contribution in [1.82, 2.24) is 0 Å². The molecule has 0 amide bonds. The van der Waals surface area contributed by atoms with E-state index in [2.05, 4.69) is 194 Å². The van der Waals surface area contributed by atoms with Crippen LogP contribution in [0.15, 0.2) is 194 Å². The first-order valence-corrected chi connectivity index (χ1v) is 19.5. The molecule has 10 aromatic rings. The van der Waals surface area contributed by atoms with E-state index in [1.165, 1.54) is 105 Å². The van der Waals surface area contributed by atoms with Gasteiger partial charge in [0.05, 0.1) is 5.41 Å². The molecule has 1 heteroatoms. The predicted octanol–water partition coefficient (Wildman–Crippen LogP) is 14.6. The molecular formula is C55H32O. The van der Waals surface area contributed by atoms with Gasteiger partial charge in [0.1, 0.15) is 11.5 Å². The first kappa shape index (κ1) is 30.1. The average Bonchev–Trinajstić information content (AvgIpc) is 3.72. The van der Waals surface area contributed by atoms with Gasteiger partial charge in [-0.15, -0.1) is 0 Å². The van der Waals surface area contributed by atoms with Crippen LogP contribution < -0.4 is 4.74 Å². The van der Waals surface area contributed by atoms with Crippen LogP contribution in [-0.2, 0) is 5.41 Å². The van der Waals surface area contributed by atoms with Crippen molar-refractivity contribution in [2.45, 2.75) is 5.41 Å². The average molecular weight is 709 g/mol. The molecule has 0 unspecified atom stereocenters. The minimum atomic E-state index is -0.472. The highest BCUT2D eigenvalue weighted by Crippen LogP contribution is 2.64. The number of ether oxygens (including phenoxy) is 1. The van der Waals surface area contributed by atoms with Gasteiger partial charge in [0.15, 0.2) is 0 Å². The molecule has 0 atom stereocenters. The molecule has 2 aliphatic carbocycles. The first-order valence-electron chi connectivity index (χ1n) is 19.5. The Morgan fingerprint density at radius 2 is 0.893 bits per heavy atom. The topological polar surface area (TPSA) is 9.23 Å². The number of benzene rings is 10. The molecule has 1 spiro atoms. The van der Waals surface area contributed by atoms with Gasteiger partial charge in [-0.1, -0.05) is 152 Å². The Morgan fingerprint density at radius 3 is 1.73 bits per heavy atom. The van der Waals surface area contributed by atoms with Crippen LogP contribution in [0.5, 0.6) is 11.5 Å². The highest BCUT2D eigenvalue weighted by molar-refractivity contribution is 6.07. The summed E-state index contributed by atoms with van der Waals surface area (Å²) in [7, 11) is 0. The van der Waals surface area contributed by atoms with Gasteiger partial charge in [-0.05, 0) is 142 Å². The van der Waals surface area contributed by atoms with E-state index in [4.69, 9.17) is 4.74 Å². The third-order valence-corrected chi connectivity index (χ3v) is 12.8. The summed E-state index contributed by atoms with van der Waals surface area (Å²) in [5, 5.41) is 7.42. The Bertz CT molecular complexity index is 3300. The van der Waals surface area contributed by atoms with E-state index < -0.39 is 5.41 Å². The van der Waals surface area contributed by atoms with Crippen LogP contribution in [0.4, 0.5) is 0 Å². The summed E-state index contributed by atoms with van der Waals surface area (Å²) in [5.74, 6) is 1.82. The molecule has 0 aromatic heterocycles. The van der Waals surface area contributed by atoms with Crippen LogP contribution in [-0.4, -0.2) is 0 Å². The summed E-state index contributed by atoms with van der Waals surface area (Å²) in [6.07, 6.45) is 0. The number of hydrogen-bond acceptors (Lipinski definition) is 1. The maximum atomic E-state index is 6.51. The van der Waals surface area contributed by atoms with Crippen LogP contribution in [0.25, 0.3) is 88.0 Å². The second-order valence-electron chi connectivity index (χ2n) is 15.6. The molecule has 10 aromatic carbocycles. The molecule has 3 aliphatic rings. The molecule has 0 radical (unpaired) electrons. The third kappa shape index (κ3) is 3.89. The molecule has 0 fully saturated rings. The Hall–Kier alpha value is -7.22. The maximum absolute atomic E-state index is 6.51. The van der Waals surface area contributed by atoms with E-state index in [1.54, 1.807) is 0 Å². The van der Waals surface area contributed by atoms with Crippen LogP contribution in [0.3, 0.4) is 0 Å². The molecule has 1 nitrogen and oxygen atoms in total. The van der Waals surface area contributed by atoms with Gasteiger partial charge >= 0.3 is 0 Å². The van der Waals surface area contributed by atoms with Gasteiger partial charge < -0.3 is 4.74 Å². The Balaban J connectivity index is 1.07. The van der Waals surface area contributed by atoms with E-state index in [9.17, 15) is 0 Å². The highest BCUT2D eigenvalue weighted by Gasteiger charge is 2.51. The zero-order chi connectivity index (χ0) is 36.5. The van der Waals surface area contributed by atoms with Crippen molar-refractivity contribution >= 4 is 32.3 Å². The largest absolute Gasteiger partial charge is 0.456 e. The molecular weight excluding hydrogens is 677 g/mol. The zero-order valence-corrected chi connectivity index (χ0v) is 30.4. The van der Waals surface area contributed by atoms with Gasteiger partial charge in [-0.2, -0.15) is 0 Å². The normalized spacial score (nSPS) is 13.6. The quantitative estimate of drug-likeness (QED) is 0.174. The molecule has 0 N–H and O–H groups in total. The maximum Gasteiger partial charge on any atom is 0.135 e. The van der Waals surface area contributed by atoms with Crippen molar-refractivity contribution in [1.29, 1.82) is 0 Å². The van der Waals surface area contributed by atoms with Gasteiger partial charge in [0, 0.05) is 10.9 Å². The second kappa shape index (κ2) is 10.9. The van der Waals surface area contributed by atoms with Crippen LogP contribution in [0, 0.1) is 0 Å². The highest BCUT2D eigenvalue weighted by atomic mass is 16.5. The summed E-state index contributed by atoms with van der Waals surface area (Å²) in [6.45, 7) is 0. The Kier molecular flexibility index (Phi) is 5.89. The fourth-order valence-corrected chi connectivity index (χ4v) is 10.4. The third-order valence-electron chi connectivity index (χ3n) is 12.8. The minimum absolute atomic E-state index is 0.472. The summed E-state index contributed by atoms with van der Waals surface area (Å²) in [5.41, 5.74) is 17.4. The summed E-state index contributed by atoms with van der Waals surface area (Å²) in [6, 6.07) is 72.3. The lowest BCUT2D eigenvalue weighted by molar-refractivity contribution is 0.487. The molecule has 258 valence electrons. The Morgan fingerprint density at radius 1 is 0.286 bits per heavy atom. The van der Waals surface area contributed by atoms with E-state index >= 15 is 0 Å². The second-order valence-corrected chi connectivity index (χ2v) is 15.6. The summed E-state index contributed by atoms with van der Waals surface area (Å²) < 4.78 is 6.51. The van der Waals surface area contributed by atoms with Crippen molar-refractivity contribution in [2.24, 2.45) is 0 Å².